The van der Waals surface area contributed by atoms with Crippen molar-refractivity contribution in [3.63, 3.8) is 0 Å². The van der Waals surface area contributed by atoms with E-state index in [4.69, 9.17) is 4.74 Å². The number of carbonyl (C=O) groups is 1. The molecule has 1 N–H and O–H groups in total. The van der Waals surface area contributed by atoms with Gasteiger partial charge in [-0.25, -0.2) is 0 Å². The minimum atomic E-state index is -0.186. The second-order valence-electron chi connectivity index (χ2n) is 8.22. The summed E-state index contributed by atoms with van der Waals surface area (Å²) in [5.74, 6) is 0.853. The summed E-state index contributed by atoms with van der Waals surface area (Å²) in [6.45, 7) is 5.14. The Morgan fingerprint density at radius 1 is 0.812 bits per heavy atom. The first-order chi connectivity index (χ1) is 15.7. The molecule has 1 fully saturated rings. The maximum atomic E-state index is 13.0. The number of hydrogen-bond acceptors (Lipinski definition) is 4. The Kier molecular flexibility index (Phi) is 7.54. The number of rotatable bonds is 8. The summed E-state index contributed by atoms with van der Waals surface area (Å²) in [6, 6.07) is 28.4. The van der Waals surface area contributed by atoms with Gasteiger partial charge in [0.1, 0.15) is 5.75 Å². The number of ether oxygens (including phenoxy) is 1. The van der Waals surface area contributed by atoms with Crippen LogP contribution < -0.4 is 10.1 Å². The van der Waals surface area contributed by atoms with Gasteiger partial charge in [-0.1, -0.05) is 72.8 Å². The Morgan fingerprint density at radius 3 is 2.00 bits per heavy atom. The van der Waals surface area contributed by atoms with Crippen LogP contribution >= 0.6 is 0 Å². The first kappa shape index (κ1) is 22.1. The quantitative estimate of drug-likeness (QED) is 0.593. The fourth-order valence-corrected chi connectivity index (χ4v) is 4.16. The molecular formula is C27H31N3O2. The zero-order chi connectivity index (χ0) is 22.2. The van der Waals surface area contributed by atoms with Gasteiger partial charge in [0, 0.05) is 32.7 Å². The standard InChI is InChI=1S/C27H31N3O2/c1-32-25-14-12-24(13-15-25)27(23-10-6-3-7-11-23)28-26(31)21-30-18-16-29(17-19-30)20-22-8-4-2-5-9-22/h2-15,27H,16-21H2,1H3,(H,28,31). The molecule has 1 heterocycles. The highest BCUT2D eigenvalue weighted by molar-refractivity contribution is 5.79. The van der Waals surface area contributed by atoms with Gasteiger partial charge in [-0.2, -0.15) is 0 Å². The summed E-state index contributed by atoms with van der Waals surface area (Å²) >= 11 is 0. The molecular weight excluding hydrogens is 398 g/mol. The van der Waals surface area contributed by atoms with Crippen LogP contribution in [0.4, 0.5) is 0 Å². The van der Waals surface area contributed by atoms with E-state index in [0.29, 0.717) is 6.54 Å². The van der Waals surface area contributed by atoms with Crippen molar-refractivity contribution in [2.45, 2.75) is 12.6 Å². The number of piperazine rings is 1. The van der Waals surface area contributed by atoms with Crippen LogP contribution in [0.5, 0.6) is 5.75 Å². The average Bonchev–Trinajstić information content (AvgIpc) is 2.85. The zero-order valence-electron chi connectivity index (χ0n) is 18.6. The fourth-order valence-electron chi connectivity index (χ4n) is 4.16. The molecule has 1 unspecified atom stereocenters. The first-order valence-corrected chi connectivity index (χ1v) is 11.2. The van der Waals surface area contributed by atoms with Gasteiger partial charge >= 0.3 is 0 Å². The molecule has 0 spiro atoms. The molecule has 5 heteroatoms. The van der Waals surface area contributed by atoms with E-state index in [9.17, 15) is 4.79 Å². The van der Waals surface area contributed by atoms with Crippen molar-refractivity contribution in [2.75, 3.05) is 39.8 Å². The van der Waals surface area contributed by atoms with Crippen LogP contribution in [-0.4, -0.2) is 55.5 Å². The summed E-state index contributed by atoms with van der Waals surface area (Å²) < 4.78 is 5.28. The van der Waals surface area contributed by atoms with Crippen LogP contribution in [-0.2, 0) is 11.3 Å². The lowest BCUT2D eigenvalue weighted by molar-refractivity contribution is -0.123. The van der Waals surface area contributed by atoms with E-state index < -0.39 is 0 Å². The normalized spacial score (nSPS) is 15.8. The average molecular weight is 430 g/mol. The topological polar surface area (TPSA) is 44.8 Å². The van der Waals surface area contributed by atoms with E-state index >= 15 is 0 Å². The van der Waals surface area contributed by atoms with Crippen molar-refractivity contribution in [2.24, 2.45) is 0 Å². The van der Waals surface area contributed by atoms with E-state index in [0.717, 1.165) is 49.6 Å². The van der Waals surface area contributed by atoms with Gasteiger partial charge in [-0.15, -0.1) is 0 Å². The molecule has 166 valence electrons. The molecule has 0 aliphatic carbocycles. The lowest BCUT2D eigenvalue weighted by Crippen LogP contribution is -2.49. The number of methoxy groups -OCH3 is 1. The van der Waals surface area contributed by atoms with Crippen molar-refractivity contribution in [3.05, 3.63) is 102 Å². The summed E-state index contributed by atoms with van der Waals surface area (Å²) in [5.41, 5.74) is 3.45. The SMILES string of the molecule is COc1ccc(C(NC(=O)CN2CCN(Cc3ccccc3)CC2)c2ccccc2)cc1. The van der Waals surface area contributed by atoms with Gasteiger partial charge in [-0.3, -0.25) is 14.6 Å². The van der Waals surface area contributed by atoms with Crippen molar-refractivity contribution >= 4 is 5.91 Å². The molecule has 32 heavy (non-hydrogen) atoms. The molecule has 1 atom stereocenters. The van der Waals surface area contributed by atoms with Crippen molar-refractivity contribution in [1.82, 2.24) is 15.1 Å². The third-order valence-electron chi connectivity index (χ3n) is 5.97. The van der Waals surface area contributed by atoms with Gasteiger partial charge in [-0.05, 0) is 28.8 Å². The van der Waals surface area contributed by atoms with Crippen LogP contribution in [0.25, 0.3) is 0 Å². The van der Waals surface area contributed by atoms with Gasteiger partial charge in [0.15, 0.2) is 0 Å². The van der Waals surface area contributed by atoms with Gasteiger partial charge in [0.25, 0.3) is 0 Å². The van der Waals surface area contributed by atoms with Crippen LogP contribution in [0.15, 0.2) is 84.9 Å². The molecule has 1 aliphatic heterocycles. The van der Waals surface area contributed by atoms with Crippen molar-refractivity contribution in [3.8, 4) is 5.75 Å². The smallest absolute Gasteiger partial charge is 0.234 e. The number of amides is 1. The molecule has 0 aromatic heterocycles. The molecule has 0 saturated carbocycles. The van der Waals surface area contributed by atoms with Crippen LogP contribution in [0.2, 0.25) is 0 Å². The summed E-state index contributed by atoms with van der Waals surface area (Å²) in [5, 5.41) is 3.25. The molecule has 0 radical (unpaired) electrons. The van der Waals surface area contributed by atoms with E-state index in [1.807, 2.05) is 42.5 Å². The maximum absolute atomic E-state index is 13.0. The molecule has 1 aliphatic rings. The highest BCUT2D eigenvalue weighted by Crippen LogP contribution is 2.24. The highest BCUT2D eigenvalue weighted by atomic mass is 16.5. The second kappa shape index (κ2) is 10.9. The molecule has 3 aromatic carbocycles. The lowest BCUT2D eigenvalue weighted by Gasteiger charge is -2.34. The van der Waals surface area contributed by atoms with Crippen LogP contribution in [0.1, 0.15) is 22.7 Å². The molecule has 0 bridgehead atoms. The number of carbonyl (C=O) groups excluding carboxylic acids is 1. The predicted molar refractivity (Wildman–Crippen MR) is 128 cm³/mol. The Balaban J connectivity index is 1.34. The van der Waals surface area contributed by atoms with Crippen molar-refractivity contribution < 1.29 is 9.53 Å². The van der Waals surface area contributed by atoms with Crippen LogP contribution in [0.3, 0.4) is 0 Å². The van der Waals surface area contributed by atoms with Crippen molar-refractivity contribution in [1.29, 1.82) is 0 Å². The monoisotopic (exact) mass is 429 g/mol. The maximum Gasteiger partial charge on any atom is 0.234 e. The van der Waals surface area contributed by atoms with Crippen LogP contribution in [0, 0.1) is 0 Å². The lowest BCUT2D eigenvalue weighted by atomic mass is 9.98. The highest BCUT2D eigenvalue weighted by Gasteiger charge is 2.22. The van der Waals surface area contributed by atoms with Gasteiger partial charge < -0.3 is 10.1 Å². The molecule has 3 aromatic rings. The predicted octanol–water partition coefficient (Wildman–Crippen LogP) is 3.72. The van der Waals surface area contributed by atoms with E-state index in [1.54, 1.807) is 7.11 Å². The first-order valence-electron chi connectivity index (χ1n) is 11.2. The van der Waals surface area contributed by atoms with Gasteiger partial charge in [0.05, 0.1) is 19.7 Å². The summed E-state index contributed by atoms with van der Waals surface area (Å²) in [6.07, 6.45) is 0. The minimum absolute atomic E-state index is 0.0474. The van der Waals surface area contributed by atoms with Gasteiger partial charge in [0.2, 0.25) is 5.91 Å². The number of nitrogens with zero attached hydrogens (tertiary/aromatic N) is 2. The second-order valence-corrected chi connectivity index (χ2v) is 8.22. The Morgan fingerprint density at radius 2 is 1.38 bits per heavy atom. The number of nitrogens with one attached hydrogen (secondary N) is 1. The van der Waals surface area contributed by atoms with E-state index in [1.165, 1.54) is 5.56 Å². The molecule has 5 nitrogen and oxygen atoms in total. The molecule has 1 saturated heterocycles. The Bertz CT molecular complexity index is 969. The van der Waals surface area contributed by atoms with E-state index in [-0.39, 0.29) is 11.9 Å². The summed E-state index contributed by atoms with van der Waals surface area (Å²) in [7, 11) is 1.66. The summed E-state index contributed by atoms with van der Waals surface area (Å²) in [4.78, 5) is 17.7. The third kappa shape index (κ3) is 5.96. The zero-order valence-corrected chi connectivity index (χ0v) is 18.6. The largest absolute Gasteiger partial charge is 0.497 e. The Hall–Kier alpha value is -3.15. The minimum Gasteiger partial charge on any atom is -0.497 e. The Labute approximate surface area is 190 Å². The third-order valence-corrected chi connectivity index (χ3v) is 5.97. The number of hydrogen-bond donors (Lipinski definition) is 1. The molecule has 1 amide bonds. The molecule has 4 rings (SSSR count). The van der Waals surface area contributed by atoms with E-state index in [2.05, 4.69) is 57.6 Å². The number of benzene rings is 3. The fraction of sp³-hybridized carbons (Fsp3) is 0.296.